The van der Waals surface area contributed by atoms with Crippen molar-refractivity contribution in [3.8, 4) is 11.8 Å². The van der Waals surface area contributed by atoms with Gasteiger partial charge in [0.05, 0.1) is 0 Å². The second-order valence-electron chi connectivity index (χ2n) is 7.77. The maximum absolute atomic E-state index is 12.9. The summed E-state index contributed by atoms with van der Waals surface area (Å²) in [4.78, 5) is 35.9. The molecule has 0 unspecified atom stereocenters. The molecule has 0 aliphatic carbocycles. The van der Waals surface area contributed by atoms with E-state index in [0.717, 1.165) is 31.5 Å². The number of carbonyl (C=O) groups is 2. The van der Waals surface area contributed by atoms with Crippen molar-refractivity contribution in [2.75, 3.05) is 39.3 Å². The molecule has 2 saturated heterocycles. The lowest BCUT2D eigenvalue weighted by molar-refractivity contribution is 0.0554. The standard InChI is InChI=1S/C21H25ClN4O5/c22-16-4-3-15(17(13-16)20(29)24-7-1-2-8-24)14-23-9-11-25(12-10-23)21(30)31-26-18(27)5-6-19(26)28/h3-6,13,27-28H,1-2,7-12,14H2. The van der Waals surface area contributed by atoms with Gasteiger partial charge in [-0.25, -0.2) is 4.79 Å². The van der Waals surface area contributed by atoms with E-state index in [9.17, 15) is 19.8 Å². The number of hydrogen-bond acceptors (Lipinski definition) is 6. The average molecular weight is 449 g/mol. The van der Waals surface area contributed by atoms with Gasteiger partial charge in [0.1, 0.15) is 0 Å². The minimum absolute atomic E-state index is 0.0172. The zero-order valence-corrected chi connectivity index (χ0v) is 17.8. The van der Waals surface area contributed by atoms with E-state index in [-0.39, 0.29) is 17.7 Å². The predicted molar refractivity (Wildman–Crippen MR) is 113 cm³/mol. The second kappa shape index (κ2) is 9.07. The van der Waals surface area contributed by atoms with Crippen LogP contribution in [0.15, 0.2) is 30.3 Å². The highest BCUT2D eigenvalue weighted by molar-refractivity contribution is 6.31. The second-order valence-corrected chi connectivity index (χ2v) is 8.20. The number of rotatable bonds is 4. The Morgan fingerprint density at radius 2 is 1.55 bits per heavy atom. The monoisotopic (exact) mass is 448 g/mol. The first-order valence-corrected chi connectivity index (χ1v) is 10.7. The molecule has 4 rings (SSSR count). The first-order valence-electron chi connectivity index (χ1n) is 10.3. The van der Waals surface area contributed by atoms with Crippen molar-refractivity contribution in [2.24, 2.45) is 0 Å². The molecule has 0 spiro atoms. The summed E-state index contributed by atoms with van der Waals surface area (Å²) in [5.74, 6) is -0.701. The lowest BCUT2D eigenvalue weighted by Crippen LogP contribution is -2.50. The number of halogens is 1. The van der Waals surface area contributed by atoms with Gasteiger partial charge >= 0.3 is 6.09 Å². The van der Waals surface area contributed by atoms with Crippen LogP contribution in [0, 0.1) is 0 Å². The van der Waals surface area contributed by atoms with Crippen LogP contribution in [0.4, 0.5) is 4.79 Å². The normalized spacial score (nSPS) is 17.2. The SMILES string of the molecule is O=C(On1c(O)ccc1O)N1CCN(Cc2ccc(Cl)cc2C(=O)N2CCCC2)CC1. The lowest BCUT2D eigenvalue weighted by Gasteiger charge is -2.34. The van der Waals surface area contributed by atoms with Gasteiger partial charge in [0.15, 0.2) is 0 Å². The Labute approximate surface area is 184 Å². The van der Waals surface area contributed by atoms with E-state index in [4.69, 9.17) is 16.4 Å². The fourth-order valence-electron chi connectivity index (χ4n) is 3.94. The van der Waals surface area contributed by atoms with E-state index in [1.807, 2.05) is 11.0 Å². The maximum atomic E-state index is 12.9. The molecule has 2 aliphatic heterocycles. The van der Waals surface area contributed by atoms with Gasteiger partial charge in [-0.1, -0.05) is 17.7 Å². The van der Waals surface area contributed by atoms with Crippen molar-refractivity contribution in [3.63, 3.8) is 0 Å². The topological polar surface area (TPSA) is 98.5 Å². The molecule has 166 valence electrons. The lowest BCUT2D eigenvalue weighted by atomic mass is 10.1. The van der Waals surface area contributed by atoms with Crippen molar-refractivity contribution < 1.29 is 24.6 Å². The number of benzene rings is 1. The van der Waals surface area contributed by atoms with Gasteiger partial charge in [-0.2, -0.15) is 0 Å². The predicted octanol–water partition coefficient (Wildman–Crippen LogP) is 2.16. The van der Waals surface area contributed by atoms with Crippen LogP contribution in [0.3, 0.4) is 0 Å². The molecule has 2 N–H and O–H groups in total. The molecule has 0 bridgehead atoms. The third-order valence-corrected chi connectivity index (χ3v) is 5.92. The summed E-state index contributed by atoms with van der Waals surface area (Å²) in [5.41, 5.74) is 1.55. The maximum Gasteiger partial charge on any atom is 0.434 e. The van der Waals surface area contributed by atoms with E-state index < -0.39 is 6.09 Å². The third-order valence-electron chi connectivity index (χ3n) is 5.69. The van der Waals surface area contributed by atoms with Crippen LogP contribution >= 0.6 is 11.6 Å². The van der Waals surface area contributed by atoms with Crippen LogP contribution in [-0.4, -0.2) is 80.9 Å². The van der Waals surface area contributed by atoms with Crippen molar-refractivity contribution >= 4 is 23.6 Å². The average Bonchev–Trinajstić information content (AvgIpc) is 3.41. The van der Waals surface area contributed by atoms with Gasteiger partial charge in [-0.15, -0.1) is 4.73 Å². The number of nitrogens with zero attached hydrogens (tertiary/aromatic N) is 4. The fraction of sp³-hybridized carbons (Fsp3) is 0.429. The summed E-state index contributed by atoms with van der Waals surface area (Å²) in [5, 5.41) is 19.8. The first-order chi connectivity index (χ1) is 14.9. The highest BCUT2D eigenvalue weighted by Gasteiger charge is 2.26. The van der Waals surface area contributed by atoms with Crippen molar-refractivity contribution in [3.05, 3.63) is 46.5 Å². The van der Waals surface area contributed by atoms with Crippen LogP contribution in [0.2, 0.25) is 5.02 Å². The summed E-state index contributed by atoms with van der Waals surface area (Å²) < 4.78 is 0.679. The number of hydrogen-bond donors (Lipinski definition) is 2. The minimum atomic E-state index is -0.655. The molecule has 10 heteroatoms. The Morgan fingerprint density at radius 3 is 2.19 bits per heavy atom. The molecule has 31 heavy (non-hydrogen) atoms. The van der Waals surface area contributed by atoms with E-state index in [2.05, 4.69) is 4.90 Å². The number of likely N-dealkylation sites (tertiary alicyclic amines) is 1. The zero-order chi connectivity index (χ0) is 22.0. The molecule has 0 radical (unpaired) electrons. The Bertz CT molecular complexity index is 945. The quantitative estimate of drug-likeness (QED) is 0.743. The van der Waals surface area contributed by atoms with Gasteiger partial charge in [-0.3, -0.25) is 9.69 Å². The molecule has 0 saturated carbocycles. The van der Waals surface area contributed by atoms with E-state index in [1.165, 1.54) is 17.0 Å². The molecule has 3 heterocycles. The number of aromatic nitrogens is 1. The Balaban J connectivity index is 1.37. The van der Waals surface area contributed by atoms with E-state index in [1.54, 1.807) is 12.1 Å². The third kappa shape index (κ3) is 4.72. The number of amides is 2. The Hall–Kier alpha value is -2.91. The van der Waals surface area contributed by atoms with Crippen molar-refractivity contribution in [1.29, 1.82) is 0 Å². The molecule has 9 nitrogen and oxygen atoms in total. The van der Waals surface area contributed by atoms with Crippen LogP contribution < -0.4 is 4.84 Å². The zero-order valence-electron chi connectivity index (χ0n) is 17.0. The highest BCUT2D eigenvalue weighted by atomic mass is 35.5. The van der Waals surface area contributed by atoms with Crippen LogP contribution in [0.25, 0.3) is 0 Å². The molecule has 2 amide bonds. The van der Waals surface area contributed by atoms with Gasteiger partial charge in [0.2, 0.25) is 11.8 Å². The van der Waals surface area contributed by atoms with Gasteiger partial charge in [-0.05, 0) is 30.5 Å². The highest BCUT2D eigenvalue weighted by Crippen LogP contribution is 2.23. The summed E-state index contributed by atoms with van der Waals surface area (Å²) in [6.45, 7) is 4.16. The fourth-order valence-corrected chi connectivity index (χ4v) is 4.11. The van der Waals surface area contributed by atoms with Crippen LogP contribution in [-0.2, 0) is 6.54 Å². The molecular formula is C21H25ClN4O5. The van der Waals surface area contributed by atoms with Crippen molar-refractivity contribution in [1.82, 2.24) is 19.4 Å². The Morgan fingerprint density at radius 1 is 0.903 bits per heavy atom. The summed E-state index contributed by atoms with van der Waals surface area (Å²) in [7, 11) is 0. The molecule has 0 atom stereocenters. The van der Waals surface area contributed by atoms with Crippen molar-refractivity contribution in [2.45, 2.75) is 19.4 Å². The summed E-state index contributed by atoms with van der Waals surface area (Å²) in [6, 6.07) is 7.88. The molecule has 2 aliphatic rings. The summed E-state index contributed by atoms with van der Waals surface area (Å²) in [6.07, 6.45) is 1.40. The van der Waals surface area contributed by atoms with Crippen LogP contribution in [0.1, 0.15) is 28.8 Å². The van der Waals surface area contributed by atoms with E-state index in [0.29, 0.717) is 48.0 Å². The molecular weight excluding hydrogens is 424 g/mol. The Kier molecular flexibility index (Phi) is 6.24. The molecule has 1 aromatic carbocycles. The van der Waals surface area contributed by atoms with Gasteiger partial charge in [0, 0.05) is 68.5 Å². The van der Waals surface area contributed by atoms with E-state index >= 15 is 0 Å². The van der Waals surface area contributed by atoms with Gasteiger partial charge in [0.25, 0.3) is 5.91 Å². The molecule has 2 aromatic rings. The summed E-state index contributed by atoms with van der Waals surface area (Å²) >= 11 is 6.16. The molecule has 2 fully saturated rings. The van der Waals surface area contributed by atoms with Crippen LogP contribution in [0.5, 0.6) is 11.8 Å². The van der Waals surface area contributed by atoms with Gasteiger partial charge < -0.3 is 24.9 Å². The number of piperazine rings is 1. The largest absolute Gasteiger partial charge is 0.492 e. The number of aromatic hydroxyl groups is 2. The number of carbonyl (C=O) groups excluding carboxylic acids is 2. The molecule has 1 aromatic heterocycles. The first kappa shape index (κ1) is 21.3. The minimum Gasteiger partial charge on any atom is -0.492 e. The smallest absolute Gasteiger partial charge is 0.434 e.